The molecule has 1 N–H and O–H groups in total. The molecular formula is C12H18O2S. The second kappa shape index (κ2) is 4.90. The fourth-order valence-corrected chi connectivity index (χ4v) is 2.70. The third-order valence-corrected chi connectivity index (χ3v) is 3.32. The molecule has 0 radical (unpaired) electrons. The fraction of sp³-hybridized carbons (Fsp3) is 0.500. The van der Waals surface area contributed by atoms with Crippen LogP contribution in [0.4, 0.5) is 0 Å². The molecule has 0 aliphatic rings. The Morgan fingerprint density at radius 1 is 1.07 bits per heavy atom. The Morgan fingerprint density at radius 3 is 1.73 bits per heavy atom. The van der Waals surface area contributed by atoms with Crippen LogP contribution in [0.25, 0.3) is 0 Å². The minimum Gasteiger partial charge on any atom is -0.302 e. The predicted molar refractivity (Wildman–Crippen MR) is 63.7 cm³/mol. The van der Waals surface area contributed by atoms with E-state index in [0.717, 1.165) is 11.1 Å². The van der Waals surface area contributed by atoms with Crippen molar-refractivity contribution in [3.8, 4) is 0 Å². The highest BCUT2D eigenvalue weighted by Crippen LogP contribution is 2.29. The molecule has 15 heavy (non-hydrogen) atoms. The Kier molecular flexibility index (Phi) is 4.05. The van der Waals surface area contributed by atoms with Crippen molar-refractivity contribution >= 4 is 11.1 Å². The van der Waals surface area contributed by atoms with Gasteiger partial charge >= 0.3 is 0 Å². The first-order valence-electron chi connectivity index (χ1n) is 5.18. The molecule has 1 unspecified atom stereocenters. The summed E-state index contributed by atoms with van der Waals surface area (Å²) in [5.41, 5.74) is 1.95. The molecule has 0 heterocycles. The lowest BCUT2D eigenvalue weighted by Crippen LogP contribution is -2.04. The largest absolute Gasteiger partial charge is 0.302 e. The van der Waals surface area contributed by atoms with E-state index in [4.69, 9.17) is 0 Å². The molecule has 84 valence electrons. The van der Waals surface area contributed by atoms with Crippen LogP contribution in [0.1, 0.15) is 50.7 Å². The van der Waals surface area contributed by atoms with Gasteiger partial charge in [0.2, 0.25) is 0 Å². The van der Waals surface area contributed by atoms with Gasteiger partial charge < -0.3 is 4.55 Å². The van der Waals surface area contributed by atoms with E-state index in [1.165, 1.54) is 0 Å². The quantitative estimate of drug-likeness (QED) is 0.801. The molecule has 0 saturated heterocycles. The van der Waals surface area contributed by atoms with Crippen LogP contribution >= 0.6 is 0 Å². The van der Waals surface area contributed by atoms with Gasteiger partial charge in [0.25, 0.3) is 0 Å². The summed E-state index contributed by atoms with van der Waals surface area (Å²) in [5.74, 6) is 0.546. The maximum absolute atomic E-state index is 11.4. The highest BCUT2D eigenvalue weighted by molar-refractivity contribution is 7.79. The van der Waals surface area contributed by atoms with E-state index in [9.17, 15) is 8.76 Å². The average Bonchev–Trinajstić information content (AvgIpc) is 2.16. The minimum absolute atomic E-state index is 0.273. The highest BCUT2D eigenvalue weighted by atomic mass is 32.2. The van der Waals surface area contributed by atoms with Crippen LogP contribution < -0.4 is 0 Å². The zero-order chi connectivity index (χ0) is 11.6. The summed E-state index contributed by atoms with van der Waals surface area (Å²) in [4.78, 5) is 0.600. The van der Waals surface area contributed by atoms with Crippen molar-refractivity contribution in [3.05, 3.63) is 29.3 Å². The smallest absolute Gasteiger partial charge is 0.187 e. The second-order valence-electron chi connectivity index (χ2n) is 4.32. The predicted octanol–water partition coefficient (Wildman–Crippen LogP) is 3.51. The lowest BCUT2D eigenvalue weighted by molar-refractivity contribution is 0.559. The van der Waals surface area contributed by atoms with Gasteiger partial charge in [0.05, 0.1) is 4.90 Å². The molecule has 1 aromatic carbocycles. The molecule has 0 bridgehead atoms. The van der Waals surface area contributed by atoms with Gasteiger partial charge in [-0.3, -0.25) is 0 Å². The molecule has 1 aromatic rings. The first-order chi connectivity index (χ1) is 6.95. The van der Waals surface area contributed by atoms with Gasteiger partial charge in [0.15, 0.2) is 11.1 Å². The van der Waals surface area contributed by atoms with Crippen molar-refractivity contribution in [2.75, 3.05) is 0 Å². The molecule has 0 amide bonds. The topological polar surface area (TPSA) is 37.3 Å². The van der Waals surface area contributed by atoms with E-state index >= 15 is 0 Å². The summed E-state index contributed by atoms with van der Waals surface area (Å²) < 4.78 is 20.7. The van der Waals surface area contributed by atoms with Crippen molar-refractivity contribution in [1.29, 1.82) is 0 Å². The molecular weight excluding hydrogens is 208 g/mol. The summed E-state index contributed by atoms with van der Waals surface area (Å²) in [5, 5.41) is 0. The van der Waals surface area contributed by atoms with Crippen LogP contribution in [-0.2, 0) is 11.1 Å². The summed E-state index contributed by atoms with van der Waals surface area (Å²) in [6, 6.07) is 5.82. The second-order valence-corrected chi connectivity index (χ2v) is 5.23. The number of rotatable bonds is 3. The molecule has 0 aliphatic carbocycles. The van der Waals surface area contributed by atoms with Crippen LogP contribution in [0.5, 0.6) is 0 Å². The summed E-state index contributed by atoms with van der Waals surface area (Å²) >= 11 is -1.89. The standard InChI is InChI=1S/C12H18O2S/c1-8(2)10-6-5-7-11(9(3)4)12(10)15(13)14/h5-9H,1-4H3,(H,13,14). The molecule has 0 fully saturated rings. The van der Waals surface area contributed by atoms with Crippen molar-refractivity contribution in [1.82, 2.24) is 0 Å². The maximum Gasteiger partial charge on any atom is 0.187 e. The first kappa shape index (κ1) is 12.4. The van der Waals surface area contributed by atoms with E-state index in [2.05, 4.69) is 0 Å². The van der Waals surface area contributed by atoms with E-state index in [-0.39, 0.29) is 11.8 Å². The molecule has 0 aromatic heterocycles. The van der Waals surface area contributed by atoms with Gasteiger partial charge in [-0.1, -0.05) is 45.9 Å². The summed E-state index contributed by atoms with van der Waals surface area (Å²) in [6.07, 6.45) is 0. The number of benzene rings is 1. The van der Waals surface area contributed by atoms with Gasteiger partial charge in [-0.25, -0.2) is 4.21 Å². The fourth-order valence-electron chi connectivity index (χ4n) is 1.68. The molecule has 1 atom stereocenters. The molecule has 0 saturated carbocycles. The third kappa shape index (κ3) is 2.67. The normalized spacial score (nSPS) is 13.5. The Bertz CT molecular complexity index is 344. The molecule has 2 nitrogen and oxygen atoms in total. The minimum atomic E-state index is -1.89. The lowest BCUT2D eigenvalue weighted by Gasteiger charge is -2.16. The van der Waals surface area contributed by atoms with Crippen molar-refractivity contribution in [2.45, 2.75) is 44.4 Å². The number of hydrogen-bond donors (Lipinski definition) is 1. The zero-order valence-electron chi connectivity index (χ0n) is 9.65. The molecule has 0 aliphatic heterocycles. The Balaban J connectivity index is 3.42. The lowest BCUT2D eigenvalue weighted by atomic mass is 9.95. The van der Waals surface area contributed by atoms with Gasteiger partial charge in [0, 0.05) is 0 Å². The maximum atomic E-state index is 11.4. The summed E-state index contributed by atoms with van der Waals surface area (Å²) in [6.45, 7) is 8.15. The Labute approximate surface area is 94.0 Å². The monoisotopic (exact) mass is 226 g/mol. The Hall–Kier alpha value is -0.670. The molecule has 1 rings (SSSR count). The first-order valence-corrected chi connectivity index (χ1v) is 6.29. The Morgan fingerprint density at radius 2 is 1.47 bits per heavy atom. The van der Waals surface area contributed by atoms with Crippen LogP contribution in [0, 0.1) is 0 Å². The van der Waals surface area contributed by atoms with Crippen LogP contribution in [0.2, 0.25) is 0 Å². The van der Waals surface area contributed by atoms with E-state index < -0.39 is 11.1 Å². The average molecular weight is 226 g/mol. The molecule has 0 spiro atoms. The SMILES string of the molecule is CC(C)c1cccc(C(C)C)c1S(=O)O. The van der Waals surface area contributed by atoms with E-state index in [0.29, 0.717) is 4.90 Å². The zero-order valence-corrected chi connectivity index (χ0v) is 10.5. The van der Waals surface area contributed by atoms with Crippen molar-refractivity contribution in [3.63, 3.8) is 0 Å². The van der Waals surface area contributed by atoms with E-state index in [1.54, 1.807) is 0 Å². The van der Waals surface area contributed by atoms with Crippen LogP contribution in [0.3, 0.4) is 0 Å². The highest BCUT2D eigenvalue weighted by Gasteiger charge is 2.17. The van der Waals surface area contributed by atoms with Crippen molar-refractivity contribution < 1.29 is 8.76 Å². The van der Waals surface area contributed by atoms with Crippen LogP contribution in [-0.4, -0.2) is 8.76 Å². The summed E-state index contributed by atoms with van der Waals surface area (Å²) in [7, 11) is 0. The molecule has 3 heteroatoms. The van der Waals surface area contributed by atoms with Crippen LogP contribution in [0.15, 0.2) is 23.1 Å². The van der Waals surface area contributed by atoms with Gasteiger partial charge in [-0.15, -0.1) is 0 Å². The van der Waals surface area contributed by atoms with Gasteiger partial charge in [-0.2, -0.15) is 0 Å². The van der Waals surface area contributed by atoms with E-state index in [1.807, 2.05) is 45.9 Å². The van der Waals surface area contributed by atoms with Gasteiger partial charge in [0.1, 0.15) is 0 Å². The number of hydrogen-bond acceptors (Lipinski definition) is 1. The third-order valence-electron chi connectivity index (χ3n) is 2.49. The van der Waals surface area contributed by atoms with Gasteiger partial charge in [-0.05, 0) is 23.0 Å². The van der Waals surface area contributed by atoms with Crippen molar-refractivity contribution in [2.24, 2.45) is 0 Å².